The molecule has 5 aromatic rings. The van der Waals surface area contributed by atoms with Crippen molar-refractivity contribution in [2.75, 3.05) is 5.32 Å². The minimum absolute atomic E-state index is 0.338. The Morgan fingerprint density at radius 1 is 1.07 bits per heavy atom. The molecular weight excluding hydrogens is 379 g/mol. The van der Waals surface area contributed by atoms with Gasteiger partial charge in [-0.1, -0.05) is 4.21 Å². The van der Waals surface area contributed by atoms with Gasteiger partial charge in [-0.25, -0.2) is 9.37 Å². The van der Waals surface area contributed by atoms with Crippen molar-refractivity contribution in [3.63, 3.8) is 0 Å². The van der Waals surface area contributed by atoms with Gasteiger partial charge in [-0.05, 0) is 36.4 Å². The molecule has 9 heteroatoms. The van der Waals surface area contributed by atoms with Crippen LogP contribution in [0.1, 0.15) is 0 Å². The van der Waals surface area contributed by atoms with Crippen molar-refractivity contribution in [2.45, 2.75) is 9.92 Å². The molecule has 0 fully saturated rings. The monoisotopic (exact) mass is 393 g/mol. The zero-order valence-corrected chi connectivity index (χ0v) is 15.2. The van der Waals surface area contributed by atoms with Crippen molar-refractivity contribution in [3.8, 4) is 0 Å². The van der Waals surface area contributed by atoms with Crippen LogP contribution in [0.4, 0.5) is 15.9 Å². The number of anilines is 2. The van der Waals surface area contributed by atoms with Gasteiger partial charge < -0.3 is 10.3 Å². The molecule has 3 heterocycles. The van der Waals surface area contributed by atoms with E-state index in [1.807, 2.05) is 12.1 Å². The first kappa shape index (κ1) is 16.6. The average molecular weight is 393 g/mol. The van der Waals surface area contributed by atoms with E-state index in [1.54, 1.807) is 30.6 Å². The molecule has 0 spiro atoms. The predicted molar refractivity (Wildman–Crippen MR) is 106 cm³/mol. The number of hydrogen-bond acceptors (Lipinski definition) is 5. The Kier molecular flexibility index (Phi) is 3.87. The number of aromatic nitrogens is 5. The Morgan fingerprint density at radius 3 is 2.86 bits per heavy atom. The highest BCUT2D eigenvalue weighted by Gasteiger charge is 2.17. The molecular formula is C19H14FN6OS+. The molecule has 138 valence electrons. The van der Waals surface area contributed by atoms with Gasteiger partial charge in [0.25, 0.3) is 5.03 Å². The highest BCUT2D eigenvalue weighted by atomic mass is 32.2. The fourth-order valence-electron chi connectivity index (χ4n) is 3.08. The van der Waals surface area contributed by atoms with Gasteiger partial charge >= 0.3 is 0 Å². The van der Waals surface area contributed by atoms with Crippen LogP contribution in [0.2, 0.25) is 0 Å². The first-order chi connectivity index (χ1) is 13.7. The molecule has 7 nitrogen and oxygen atoms in total. The van der Waals surface area contributed by atoms with Crippen LogP contribution in [-0.2, 0) is 15.0 Å². The zero-order chi connectivity index (χ0) is 19.1. The zero-order valence-electron chi connectivity index (χ0n) is 14.3. The molecule has 2 aromatic carbocycles. The van der Waals surface area contributed by atoms with Crippen LogP contribution in [0, 0.1) is 5.82 Å². The van der Waals surface area contributed by atoms with E-state index in [4.69, 9.17) is 0 Å². The Labute approximate surface area is 160 Å². The third-order valence-electron chi connectivity index (χ3n) is 4.44. The number of aromatic amines is 2. The standard InChI is InChI=1S/C19H13FN6OS/c20-11-1-3-17-14(7-11)19(26-25-17)24-16-5-6-22-15-4-2-12(8-13(15)16)28(27)18-9-21-10-23-18/h1-10H,(H,21,23)(H2,22,24,25,26)/p+1. The highest BCUT2D eigenvalue weighted by Crippen LogP contribution is 2.30. The number of rotatable bonds is 4. The van der Waals surface area contributed by atoms with Crippen LogP contribution in [0.3, 0.4) is 0 Å². The average Bonchev–Trinajstić information content (AvgIpc) is 3.38. The summed E-state index contributed by atoms with van der Waals surface area (Å²) in [5.74, 6) is 0.167. The third-order valence-corrected chi connectivity index (χ3v) is 5.87. The Hall–Kier alpha value is -3.59. The van der Waals surface area contributed by atoms with Gasteiger partial charge in [-0.15, -0.1) is 0 Å². The van der Waals surface area contributed by atoms with E-state index in [0.717, 1.165) is 22.1 Å². The fraction of sp³-hybridized carbons (Fsp3) is 0. The number of halogens is 1. The Morgan fingerprint density at radius 2 is 2.00 bits per heavy atom. The topological polar surface area (TPSA) is 99.3 Å². The number of fused-ring (bicyclic) bond motifs is 2. The molecule has 5 rings (SSSR count). The van der Waals surface area contributed by atoms with Crippen molar-refractivity contribution >= 4 is 44.1 Å². The lowest BCUT2D eigenvalue weighted by atomic mass is 10.2. The summed E-state index contributed by atoms with van der Waals surface area (Å²) in [5, 5.41) is 12.3. The van der Waals surface area contributed by atoms with E-state index < -0.39 is 10.8 Å². The number of thiol groups is 1. The van der Waals surface area contributed by atoms with Crippen LogP contribution in [0.25, 0.3) is 21.8 Å². The van der Waals surface area contributed by atoms with Gasteiger partial charge in [0.05, 0.1) is 23.0 Å². The molecule has 1 unspecified atom stereocenters. The van der Waals surface area contributed by atoms with Crippen LogP contribution in [0.15, 0.2) is 71.1 Å². The third kappa shape index (κ3) is 2.81. The smallest absolute Gasteiger partial charge is 0.250 e. The maximum Gasteiger partial charge on any atom is 0.250 e. The minimum atomic E-state index is -1.80. The molecule has 0 bridgehead atoms. The van der Waals surface area contributed by atoms with E-state index >= 15 is 0 Å². The summed E-state index contributed by atoms with van der Waals surface area (Å²) in [5.41, 5.74) is 2.20. The number of pyridine rings is 1. The molecule has 0 amide bonds. The Balaban J connectivity index is 1.59. The van der Waals surface area contributed by atoms with Crippen LogP contribution in [0.5, 0.6) is 0 Å². The minimum Gasteiger partial charge on any atom is -0.338 e. The maximum absolute atomic E-state index is 13.6. The molecule has 1 atom stereocenters. The number of imidazole rings is 1. The second-order valence-corrected chi connectivity index (χ2v) is 7.77. The first-order valence-corrected chi connectivity index (χ1v) is 9.70. The van der Waals surface area contributed by atoms with E-state index in [-0.39, 0.29) is 5.82 Å². The summed E-state index contributed by atoms with van der Waals surface area (Å²) >= 11 is 0. The number of H-pyrrole nitrogens is 2. The van der Waals surface area contributed by atoms with E-state index in [9.17, 15) is 8.60 Å². The van der Waals surface area contributed by atoms with Crippen LogP contribution in [-0.4, -0.2) is 25.1 Å². The molecule has 3 aromatic heterocycles. The summed E-state index contributed by atoms with van der Waals surface area (Å²) < 4.78 is 26.4. The SMILES string of the molecule is O=[SH+](c1ccc2nccc(Nc3n[nH]c4ccc(F)cc34)c2c1)c1cnc[nH]1. The van der Waals surface area contributed by atoms with Gasteiger partial charge in [0.1, 0.15) is 12.0 Å². The maximum atomic E-state index is 13.6. The van der Waals surface area contributed by atoms with E-state index in [1.165, 1.54) is 18.5 Å². The second kappa shape index (κ2) is 6.54. The van der Waals surface area contributed by atoms with E-state index in [2.05, 4.69) is 30.5 Å². The largest absolute Gasteiger partial charge is 0.338 e. The van der Waals surface area contributed by atoms with Gasteiger partial charge in [0.2, 0.25) is 0 Å². The summed E-state index contributed by atoms with van der Waals surface area (Å²) in [7, 11) is -1.80. The normalized spacial score (nSPS) is 12.5. The lowest BCUT2D eigenvalue weighted by Gasteiger charge is -2.08. The molecule has 28 heavy (non-hydrogen) atoms. The van der Waals surface area contributed by atoms with Gasteiger partial charge in [-0.2, -0.15) is 5.10 Å². The molecule has 0 aliphatic rings. The molecule has 0 saturated heterocycles. The predicted octanol–water partition coefficient (Wildman–Crippen LogP) is 3.83. The number of nitrogens with one attached hydrogen (secondary N) is 3. The summed E-state index contributed by atoms with van der Waals surface area (Å²) in [6.45, 7) is 0. The van der Waals surface area contributed by atoms with Crippen molar-refractivity contribution in [2.24, 2.45) is 0 Å². The first-order valence-electron chi connectivity index (χ1n) is 8.44. The summed E-state index contributed by atoms with van der Waals surface area (Å²) in [6.07, 6.45) is 4.73. The lowest BCUT2D eigenvalue weighted by Crippen LogP contribution is -1.96. The molecule has 0 saturated carbocycles. The van der Waals surface area contributed by atoms with Gasteiger partial charge in [0.15, 0.2) is 21.5 Å². The Bertz CT molecular complexity index is 1330. The van der Waals surface area contributed by atoms with Crippen molar-refractivity contribution in [1.82, 2.24) is 25.1 Å². The van der Waals surface area contributed by atoms with Crippen molar-refractivity contribution < 1.29 is 8.60 Å². The highest BCUT2D eigenvalue weighted by molar-refractivity contribution is 7.85. The molecule has 0 radical (unpaired) electrons. The van der Waals surface area contributed by atoms with Crippen LogP contribution < -0.4 is 5.32 Å². The lowest BCUT2D eigenvalue weighted by molar-refractivity contribution is 0.594. The summed E-state index contributed by atoms with van der Waals surface area (Å²) in [4.78, 5) is 11.8. The molecule has 0 aliphatic carbocycles. The summed E-state index contributed by atoms with van der Waals surface area (Å²) in [6, 6.07) is 11.7. The molecule has 0 aliphatic heterocycles. The fourth-order valence-corrected chi connectivity index (χ4v) is 4.16. The van der Waals surface area contributed by atoms with Gasteiger partial charge in [-0.3, -0.25) is 10.1 Å². The van der Waals surface area contributed by atoms with Crippen molar-refractivity contribution in [1.29, 1.82) is 0 Å². The number of nitrogens with zero attached hydrogens (tertiary/aromatic N) is 3. The van der Waals surface area contributed by atoms with Gasteiger partial charge in [0, 0.05) is 23.0 Å². The van der Waals surface area contributed by atoms with Crippen molar-refractivity contribution in [3.05, 3.63) is 67.0 Å². The number of hydrogen-bond donors (Lipinski definition) is 3. The molecule has 3 N–H and O–H groups in total. The second-order valence-electron chi connectivity index (χ2n) is 6.18. The van der Waals surface area contributed by atoms with E-state index in [0.29, 0.717) is 21.1 Å². The van der Waals surface area contributed by atoms with Crippen LogP contribution >= 0.6 is 0 Å². The number of benzene rings is 2. The quantitative estimate of drug-likeness (QED) is 0.318.